The van der Waals surface area contributed by atoms with E-state index in [0.29, 0.717) is 6.61 Å². The minimum absolute atomic E-state index is 0.675. The standard InChI is InChI=1S/C20H24ClN3OS/c1-14-12-18(19-13-26-20(23-19)22-9-11-25-3)15(2)24(14)10-8-16-4-6-17(21)7-5-16/h4-7,12-13H,8-11H2,1-3H3,(H,22,23). The lowest BCUT2D eigenvalue weighted by atomic mass is 10.1. The van der Waals surface area contributed by atoms with Crippen molar-refractivity contribution in [1.29, 1.82) is 0 Å². The van der Waals surface area contributed by atoms with Crippen molar-refractivity contribution >= 4 is 28.1 Å². The number of hydrogen-bond donors (Lipinski definition) is 1. The van der Waals surface area contributed by atoms with Crippen molar-refractivity contribution in [2.24, 2.45) is 0 Å². The number of halogens is 1. The van der Waals surface area contributed by atoms with Gasteiger partial charge in [-0.25, -0.2) is 4.98 Å². The number of methoxy groups -OCH3 is 1. The molecule has 6 heteroatoms. The minimum atomic E-state index is 0.675. The van der Waals surface area contributed by atoms with Crippen LogP contribution in [0.4, 0.5) is 5.13 Å². The van der Waals surface area contributed by atoms with Crippen molar-refractivity contribution in [3.05, 3.63) is 57.7 Å². The van der Waals surface area contributed by atoms with Crippen LogP contribution in [0.25, 0.3) is 11.3 Å². The van der Waals surface area contributed by atoms with E-state index in [-0.39, 0.29) is 0 Å². The molecule has 4 nitrogen and oxygen atoms in total. The fourth-order valence-electron chi connectivity index (χ4n) is 3.04. The molecule has 138 valence electrons. The highest BCUT2D eigenvalue weighted by Gasteiger charge is 2.13. The molecule has 0 aliphatic rings. The number of benzene rings is 1. The highest BCUT2D eigenvalue weighted by Crippen LogP contribution is 2.30. The van der Waals surface area contributed by atoms with Crippen LogP contribution in [0, 0.1) is 13.8 Å². The molecule has 0 fully saturated rings. The zero-order valence-corrected chi connectivity index (χ0v) is 17.0. The van der Waals surface area contributed by atoms with Gasteiger partial charge in [-0.15, -0.1) is 11.3 Å². The summed E-state index contributed by atoms with van der Waals surface area (Å²) in [4.78, 5) is 4.72. The summed E-state index contributed by atoms with van der Waals surface area (Å²) in [7, 11) is 1.70. The second-order valence-corrected chi connectivity index (χ2v) is 7.56. The monoisotopic (exact) mass is 389 g/mol. The topological polar surface area (TPSA) is 39.1 Å². The molecule has 0 saturated heterocycles. The maximum absolute atomic E-state index is 5.97. The molecule has 26 heavy (non-hydrogen) atoms. The third kappa shape index (κ3) is 4.47. The van der Waals surface area contributed by atoms with Crippen molar-refractivity contribution in [2.75, 3.05) is 25.6 Å². The molecule has 2 heterocycles. The van der Waals surface area contributed by atoms with Crippen molar-refractivity contribution in [1.82, 2.24) is 9.55 Å². The van der Waals surface area contributed by atoms with Crippen LogP contribution in [-0.2, 0) is 17.7 Å². The Morgan fingerprint density at radius 3 is 2.73 bits per heavy atom. The molecular weight excluding hydrogens is 366 g/mol. The number of rotatable bonds is 8. The van der Waals surface area contributed by atoms with Crippen LogP contribution in [-0.4, -0.2) is 29.8 Å². The quantitative estimate of drug-likeness (QED) is 0.539. The maximum atomic E-state index is 5.97. The van der Waals surface area contributed by atoms with Crippen LogP contribution in [0.2, 0.25) is 5.02 Å². The Kier molecular flexibility index (Phi) is 6.35. The molecule has 1 aromatic carbocycles. The van der Waals surface area contributed by atoms with Gasteiger partial charge in [-0.1, -0.05) is 23.7 Å². The SMILES string of the molecule is COCCNc1nc(-c2cc(C)n(CCc3ccc(Cl)cc3)c2C)cs1. The molecule has 0 radical (unpaired) electrons. The molecule has 0 bridgehead atoms. The predicted molar refractivity (Wildman–Crippen MR) is 111 cm³/mol. The summed E-state index contributed by atoms with van der Waals surface area (Å²) >= 11 is 7.60. The normalized spacial score (nSPS) is 11.1. The number of ether oxygens (including phenoxy) is 1. The van der Waals surface area contributed by atoms with Crippen LogP contribution >= 0.6 is 22.9 Å². The second-order valence-electron chi connectivity index (χ2n) is 6.27. The number of aryl methyl sites for hydroxylation is 2. The minimum Gasteiger partial charge on any atom is -0.383 e. The van der Waals surface area contributed by atoms with Crippen molar-refractivity contribution < 1.29 is 4.74 Å². The van der Waals surface area contributed by atoms with Gasteiger partial charge in [0.25, 0.3) is 0 Å². The van der Waals surface area contributed by atoms with Gasteiger partial charge in [0.1, 0.15) is 0 Å². The van der Waals surface area contributed by atoms with Gasteiger partial charge >= 0.3 is 0 Å². The van der Waals surface area contributed by atoms with Gasteiger partial charge in [0.05, 0.1) is 12.3 Å². The molecule has 1 N–H and O–H groups in total. The Morgan fingerprint density at radius 1 is 1.23 bits per heavy atom. The van der Waals surface area contributed by atoms with Gasteiger partial charge in [0.15, 0.2) is 5.13 Å². The van der Waals surface area contributed by atoms with Gasteiger partial charge in [-0.3, -0.25) is 0 Å². The summed E-state index contributed by atoms with van der Waals surface area (Å²) < 4.78 is 7.43. The van der Waals surface area contributed by atoms with Crippen molar-refractivity contribution in [3.63, 3.8) is 0 Å². The maximum Gasteiger partial charge on any atom is 0.183 e. The number of anilines is 1. The average molecular weight is 390 g/mol. The van der Waals surface area contributed by atoms with Crippen LogP contribution in [0.5, 0.6) is 0 Å². The largest absolute Gasteiger partial charge is 0.383 e. The summed E-state index contributed by atoms with van der Waals surface area (Å²) in [6, 6.07) is 10.3. The van der Waals surface area contributed by atoms with E-state index in [2.05, 4.69) is 47.3 Å². The summed E-state index contributed by atoms with van der Waals surface area (Å²) in [5, 5.41) is 7.12. The molecule has 0 spiro atoms. The molecule has 0 aliphatic heterocycles. The van der Waals surface area contributed by atoms with E-state index in [1.807, 2.05) is 12.1 Å². The summed E-state index contributed by atoms with van der Waals surface area (Å²) in [5.41, 5.74) is 6.04. The molecule has 0 saturated carbocycles. The lowest BCUT2D eigenvalue weighted by Crippen LogP contribution is -2.07. The number of hydrogen-bond acceptors (Lipinski definition) is 4. The Labute approximate surface area is 163 Å². The lowest BCUT2D eigenvalue weighted by Gasteiger charge is -2.10. The Balaban J connectivity index is 1.72. The van der Waals surface area contributed by atoms with Gasteiger partial charge in [-0.05, 0) is 44.0 Å². The fourth-order valence-corrected chi connectivity index (χ4v) is 3.90. The molecule has 0 atom stereocenters. The Hall–Kier alpha value is -1.82. The number of nitrogens with zero attached hydrogens (tertiary/aromatic N) is 2. The Bertz CT molecular complexity index is 855. The first-order valence-electron chi connectivity index (χ1n) is 8.68. The van der Waals surface area contributed by atoms with E-state index < -0.39 is 0 Å². The van der Waals surface area contributed by atoms with Crippen molar-refractivity contribution in [2.45, 2.75) is 26.8 Å². The molecule has 0 amide bonds. The summed E-state index contributed by atoms with van der Waals surface area (Å²) in [5.74, 6) is 0. The molecule has 2 aromatic heterocycles. The van der Waals surface area contributed by atoms with E-state index in [1.165, 1.54) is 22.5 Å². The van der Waals surface area contributed by atoms with Crippen LogP contribution < -0.4 is 5.32 Å². The number of aromatic nitrogens is 2. The molecule has 3 rings (SSSR count). The first kappa shape index (κ1) is 19.0. The predicted octanol–water partition coefficient (Wildman–Crippen LogP) is 5.18. The zero-order valence-electron chi connectivity index (χ0n) is 15.4. The van der Waals surface area contributed by atoms with Crippen molar-refractivity contribution in [3.8, 4) is 11.3 Å². The smallest absolute Gasteiger partial charge is 0.183 e. The summed E-state index contributed by atoms with van der Waals surface area (Å²) in [6.07, 6.45) is 0.980. The first-order valence-corrected chi connectivity index (χ1v) is 9.94. The first-order chi connectivity index (χ1) is 12.6. The third-order valence-electron chi connectivity index (χ3n) is 4.47. The number of thiazole rings is 1. The van der Waals surface area contributed by atoms with Gasteiger partial charge < -0.3 is 14.6 Å². The van der Waals surface area contributed by atoms with Gasteiger partial charge in [0.2, 0.25) is 0 Å². The van der Waals surface area contributed by atoms with Crippen LogP contribution in [0.3, 0.4) is 0 Å². The molecule has 0 aliphatic carbocycles. The number of nitrogens with one attached hydrogen (secondary N) is 1. The average Bonchev–Trinajstić information content (AvgIpc) is 3.20. The van der Waals surface area contributed by atoms with E-state index in [1.54, 1.807) is 18.4 Å². The van der Waals surface area contributed by atoms with Crippen LogP contribution in [0.1, 0.15) is 17.0 Å². The lowest BCUT2D eigenvalue weighted by molar-refractivity contribution is 0.211. The van der Waals surface area contributed by atoms with Gasteiger partial charge in [-0.2, -0.15) is 0 Å². The Morgan fingerprint density at radius 2 is 2.00 bits per heavy atom. The van der Waals surface area contributed by atoms with Gasteiger partial charge in [0, 0.05) is 47.6 Å². The fraction of sp³-hybridized carbons (Fsp3) is 0.350. The zero-order chi connectivity index (χ0) is 18.5. The van der Waals surface area contributed by atoms with E-state index in [9.17, 15) is 0 Å². The van der Waals surface area contributed by atoms with E-state index in [0.717, 1.165) is 35.4 Å². The van der Waals surface area contributed by atoms with E-state index >= 15 is 0 Å². The summed E-state index contributed by atoms with van der Waals surface area (Å²) in [6.45, 7) is 6.71. The molecule has 0 unspecified atom stereocenters. The molecule has 3 aromatic rings. The highest BCUT2D eigenvalue weighted by molar-refractivity contribution is 7.14. The van der Waals surface area contributed by atoms with Crippen LogP contribution in [0.15, 0.2) is 35.7 Å². The highest BCUT2D eigenvalue weighted by atomic mass is 35.5. The third-order valence-corrected chi connectivity index (χ3v) is 5.53. The second kappa shape index (κ2) is 8.71. The van der Waals surface area contributed by atoms with E-state index in [4.69, 9.17) is 21.3 Å². The molecular formula is C20H24ClN3OS.